The molecule has 0 unspecified atom stereocenters. The van der Waals surface area contributed by atoms with Gasteiger partial charge in [-0.05, 0) is 25.7 Å². The number of hydrogen-bond acceptors (Lipinski definition) is 3. The second-order valence-electron chi connectivity index (χ2n) is 5.75. The Hall–Kier alpha value is -0.170. The van der Waals surface area contributed by atoms with Gasteiger partial charge in [-0.3, -0.25) is 0 Å². The highest BCUT2D eigenvalue weighted by molar-refractivity contribution is 7.87. The van der Waals surface area contributed by atoms with Crippen LogP contribution in [0, 0.1) is 0 Å². The molecule has 0 aromatic rings. The molecule has 0 aromatic carbocycles. The van der Waals surface area contributed by atoms with Crippen LogP contribution >= 0.6 is 0 Å². The van der Waals surface area contributed by atoms with Gasteiger partial charge in [-0.15, -0.1) is 0 Å². The first kappa shape index (κ1) is 14.2. The second kappa shape index (κ2) is 5.86. The van der Waals surface area contributed by atoms with Gasteiger partial charge in [-0.2, -0.15) is 17.9 Å². The SMILES string of the molecule is NCC1(NS(=O)(=O)NC2CC2)CCCCCCC1. The predicted octanol–water partition coefficient (Wildman–Crippen LogP) is 1.01. The van der Waals surface area contributed by atoms with Gasteiger partial charge in [0.1, 0.15) is 0 Å². The average molecular weight is 275 g/mol. The minimum absolute atomic E-state index is 0.144. The molecule has 106 valence electrons. The molecule has 0 aliphatic heterocycles. The molecule has 2 saturated carbocycles. The number of hydrogen-bond donors (Lipinski definition) is 3. The van der Waals surface area contributed by atoms with E-state index in [1.54, 1.807) is 0 Å². The van der Waals surface area contributed by atoms with Gasteiger partial charge in [0.15, 0.2) is 0 Å². The molecule has 2 fully saturated rings. The van der Waals surface area contributed by atoms with Gasteiger partial charge < -0.3 is 5.73 Å². The van der Waals surface area contributed by atoms with Crippen molar-refractivity contribution in [2.75, 3.05) is 6.54 Å². The summed E-state index contributed by atoms with van der Waals surface area (Å²) in [6.45, 7) is 0.387. The van der Waals surface area contributed by atoms with E-state index in [-0.39, 0.29) is 6.04 Å². The second-order valence-corrected chi connectivity index (χ2v) is 7.20. The quantitative estimate of drug-likeness (QED) is 0.700. The van der Waals surface area contributed by atoms with Crippen molar-refractivity contribution in [2.24, 2.45) is 5.73 Å². The fourth-order valence-electron chi connectivity index (χ4n) is 2.67. The van der Waals surface area contributed by atoms with Crippen molar-refractivity contribution < 1.29 is 8.42 Å². The average Bonchev–Trinajstić information content (AvgIpc) is 3.05. The largest absolute Gasteiger partial charge is 0.329 e. The van der Waals surface area contributed by atoms with Crippen LogP contribution in [0.5, 0.6) is 0 Å². The van der Waals surface area contributed by atoms with Crippen molar-refractivity contribution >= 4 is 10.2 Å². The first-order valence-electron chi connectivity index (χ1n) is 7.07. The van der Waals surface area contributed by atoms with Crippen LogP contribution in [0.3, 0.4) is 0 Å². The fourth-order valence-corrected chi connectivity index (χ4v) is 4.26. The van der Waals surface area contributed by atoms with Gasteiger partial charge in [-0.1, -0.05) is 32.1 Å². The first-order chi connectivity index (χ1) is 8.55. The lowest BCUT2D eigenvalue weighted by Crippen LogP contribution is -2.57. The molecule has 0 heterocycles. The van der Waals surface area contributed by atoms with E-state index in [0.29, 0.717) is 6.54 Å². The maximum Gasteiger partial charge on any atom is 0.277 e. The van der Waals surface area contributed by atoms with E-state index in [1.165, 1.54) is 19.3 Å². The van der Waals surface area contributed by atoms with Crippen molar-refractivity contribution in [3.05, 3.63) is 0 Å². The Morgan fingerprint density at radius 3 is 2.11 bits per heavy atom. The zero-order valence-electron chi connectivity index (χ0n) is 11.0. The maximum absolute atomic E-state index is 12.0. The molecule has 6 heteroatoms. The molecular formula is C12H25N3O2S. The van der Waals surface area contributed by atoms with Gasteiger partial charge in [0.25, 0.3) is 10.2 Å². The van der Waals surface area contributed by atoms with Gasteiger partial charge >= 0.3 is 0 Å². The van der Waals surface area contributed by atoms with Gasteiger partial charge in [0.2, 0.25) is 0 Å². The smallest absolute Gasteiger partial charge is 0.277 e. The summed E-state index contributed by atoms with van der Waals surface area (Å²) in [5.41, 5.74) is 5.43. The van der Waals surface area contributed by atoms with Crippen LogP contribution in [0.2, 0.25) is 0 Å². The van der Waals surface area contributed by atoms with Crippen LogP contribution in [0.15, 0.2) is 0 Å². The van der Waals surface area contributed by atoms with Crippen molar-refractivity contribution in [2.45, 2.75) is 69.4 Å². The number of nitrogens with one attached hydrogen (secondary N) is 2. The van der Waals surface area contributed by atoms with E-state index in [4.69, 9.17) is 5.73 Å². The molecule has 4 N–H and O–H groups in total. The van der Waals surface area contributed by atoms with Crippen LogP contribution in [0.1, 0.15) is 57.8 Å². The van der Waals surface area contributed by atoms with Crippen LogP contribution in [-0.4, -0.2) is 26.5 Å². The fraction of sp³-hybridized carbons (Fsp3) is 1.00. The molecule has 5 nitrogen and oxygen atoms in total. The lowest BCUT2D eigenvalue weighted by atomic mass is 9.85. The molecule has 2 aliphatic carbocycles. The summed E-state index contributed by atoms with van der Waals surface area (Å²) in [6, 6.07) is 0.144. The minimum atomic E-state index is -3.40. The zero-order valence-corrected chi connectivity index (χ0v) is 11.8. The van der Waals surface area contributed by atoms with Gasteiger partial charge in [-0.25, -0.2) is 0 Å². The highest BCUT2D eigenvalue weighted by Gasteiger charge is 2.35. The van der Waals surface area contributed by atoms with Crippen molar-refractivity contribution in [3.8, 4) is 0 Å². The van der Waals surface area contributed by atoms with E-state index >= 15 is 0 Å². The molecule has 0 aromatic heterocycles. The standard InChI is InChI=1S/C12H25N3O2S/c13-10-12(8-4-2-1-3-5-9-12)15-18(16,17)14-11-6-7-11/h11,14-15H,1-10,13H2. The Labute approximate surface area is 110 Å². The van der Waals surface area contributed by atoms with Crippen LogP contribution < -0.4 is 15.2 Å². The zero-order chi connectivity index (χ0) is 13.1. The van der Waals surface area contributed by atoms with E-state index in [9.17, 15) is 8.42 Å². The van der Waals surface area contributed by atoms with Crippen molar-refractivity contribution in [3.63, 3.8) is 0 Å². The molecule has 0 bridgehead atoms. The Morgan fingerprint density at radius 1 is 1.06 bits per heavy atom. The molecule has 0 saturated heterocycles. The third-order valence-electron chi connectivity index (χ3n) is 3.95. The van der Waals surface area contributed by atoms with E-state index in [1.807, 2.05) is 0 Å². The molecule has 18 heavy (non-hydrogen) atoms. The summed E-state index contributed by atoms with van der Waals surface area (Å²) in [6.07, 6.45) is 9.36. The molecule has 0 radical (unpaired) electrons. The Bertz CT molecular complexity index is 358. The summed E-state index contributed by atoms with van der Waals surface area (Å²) in [5, 5.41) is 0. The summed E-state index contributed by atoms with van der Waals surface area (Å²) in [4.78, 5) is 0. The highest BCUT2D eigenvalue weighted by Crippen LogP contribution is 2.27. The number of nitrogens with two attached hydrogens (primary N) is 1. The molecule has 2 aliphatic rings. The van der Waals surface area contributed by atoms with E-state index < -0.39 is 15.7 Å². The lowest BCUT2D eigenvalue weighted by Gasteiger charge is -2.34. The summed E-state index contributed by atoms with van der Waals surface area (Å²) < 4.78 is 29.6. The summed E-state index contributed by atoms with van der Waals surface area (Å²) in [5.74, 6) is 0. The van der Waals surface area contributed by atoms with E-state index in [0.717, 1.165) is 38.5 Å². The van der Waals surface area contributed by atoms with Crippen LogP contribution in [-0.2, 0) is 10.2 Å². The predicted molar refractivity (Wildman–Crippen MR) is 72.3 cm³/mol. The Morgan fingerprint density at radius 2 is 1.61 bits per heavy atom. The highest BCUT2D eigenvalue weighted by atomic mass is 32.2. The summed E-state index contributed by atoms with van der Waals surface area (Å²) >= 11 is 0. The Balaban J connectivity index is 1.99. The summed E-state index contributed by atoms with van der Waals surface area (Å²) in [7, 11) is -3.40. The van der Waals surface area contributed by atoms with Crippen LogP contribution in [0.25, 0.3) is 0 Å². The normalized spacial score (nSPS) is 25.4. The third-order valence-corrected chi connectivity index (χ3v) is 5.30. The topological polar surface area (TPSA) is 84.2 Å². The van der Waals surface area contributed by atoms with E-state index in [2.05, 4.69) is 9.44 Å². The lowest BCUT2D eigenvalue weighted by molar-refractivity contribution is 0.294. The van der Waals surface area contributed by atoms with Gasteiger partial charge in [0.05, 0.1) is 0 Å². The molecule has 2 rings (SSSR count). The van der Waals surface area contributed by atoms with Crippen molar-refractivity contribution in [1.29, 1.82) is 0 Å². The van der Waals surface area contributed by atoms with Crippen molar-refractivity contribution in [1.82, 2.24) is 9.44 Å². The molecule has 0 amide bonds. The van der Waals surface area contributed by atoms with Gasteiger partial charge in [0, 0.05) is 18.1 Å². The first-order valence-corrected chi connectivity index (χ1v) is 8.55. The molecule has 0 spiro atoms. The number of rotatable bonds is 5. The molecule has 0 atom stereocenters. The third kappa shape index (κ3) is 4.19. The minimum Gasteiger partial charge on any atom is -0.329 e. The monoisotopic (exact) mass is 275 g/mol. The molecular weight excluding hydrogens is 250 g/mol. The van der Waals surface area contributed by atoms with Crippen LogP contribution in [0.4, 0.5) is 0 Å². The maximum atomic E-state index is 12.0. The Kier molecular flexibility index (Phi) is 4.64.